The Morgan fingerprint density at radius 1 is 0.906 bits per heavy atom. The van der Waals surface area contributed by atoms with Gasteiger partial charge in [0.05, 0.1) is 0 Å². The van der Waals surface area contributed by atoms with E-state index in [1.165, 1.54) is 11.1 Å². The molecule has 3 aromatic carbocycles. The molecule has 4 heteroatoms. The SMILES string of the molecule is C=C/C=C([NH3+])\C=C(/C)Oc1ccc(C(C)(C)c2ccc(Oc3cccc(N)c3)cc2)cc1. The Balaban J connectivity index is 1.71. The maximum Gasteiger partial charge on any atom is 0.131 e. The minimum atomic E-state index is -0.174. The molecule has 0 fully saturated rings. The standard InChI is InChI=1S/C28H30N2O2/c1-5-7-23(29)18-20(2)31-25-14-10-21(11-15-25)28(3,4)22-12-16-26(17-13-22)32-27-9-6-8-24(30)19-27/h5-19H,1,29-30H2,2-4H3/p+1/b20-18+,23-7+. The Labute approximate surface area is 190 Å². The normalized spacial score (nSPS) is 12.4. The first-order chi connectivity index (χ1) is 15.3. The quantitative estimate of drug-likeness (QED) is 0.264. The van der Waals surface area contributed by atoms with Crippen molar-refractivity contribution in [3.8, 4) is 17.2 Å². The third-order valence-electron chi connectivity index (χ3n) is 5.25. The average molecular weight is 428 g/mol. The van der Waals surface area contributed by atoms with Crippen molar-refractivity contribution in [3.05, 3.63) is 120 Å². The number of nitrogens with two attached hydrogens (primary N) is 1. The summed E-state index contributed by atoms with van der Waals surface area (Å²) < 4.78 is 11.8. The lowest BCUT2D eigenvalue weighted by Gasteiger charge is -2.26. The summed E-state index contributed by atoms with van der Waals surface area (Å²) in [6.45, 7) is 10.00. The lowest BCUT2D eigenvalue weighted by Crippen LogP contribution is -2.46. The number of rotatable bonds is 8. The van der Waals surface area contributed by atoms with Crippen LogP contribution >= 0.6 is 0 Å². The first-order valence-corrected chi connectivity index (χ1v) is 10.5. The molecule has 0 saturated carbocycles. The van der Waals surface area contributed by atoms with E-state index >= 15 is 0 Å². The molecule has 164 valence electrons. The zero-order valence-corrected chi connectivity index (χ0v) is 19.0. The molecule has 0 saturated heterocycles. The van der Waals surface area contributed by atoms with Gasteiger partial charge in [0.25, 0.3) is 0 Å². The maximum absolute atomic E-state index is 5.91. The van der Waals surface area contributed by atoms with E-state index in [9.17, 15) is 0 Å². The number of ether oxygens (including phenoxy) is 2. The van der Waals surface area contributed by atoms with Crippen molar-refractivity contribution < 1.29 is 15.2 Å². The summed E-state index contributed by atoms with van der Waals surface area (Å²) in [4.78, 5) is 0. The van der Waals surface area contributed by atoms with Gasteiger partial charge in [-0.25, -0.2) is 0 Å². The van der Waals surface area contributed by atoms with E-state index in [2.05, 4.69) is 50.4 Å². The molecule has 0 bridgehead atoms. The molecule has 0 aliphatic heterocycles. The second kappa shape index (κ2) is 10.0. The van der Waals surface area contributed by atoms with Gasteiger partial charge in [-0.05, 0) is 60.5 Å². The van der Waals surface area contributed by atoms with Crippen LogP contribution in [-0.4, -0.2) is 0 Å². The second-order valence-electron chi connectivity index (χ2n) is 8.18. The summed E-state index contributed by atoms with van der Waals surface area (Å²) in [5, 5.41) is 0. The third-order valence-corrected chi connectivity index (χ3v) is 5.25. The zero-order chi connectivity index (χ0) is 23.1. The first kappa shape index (κ1) is 22.9. The monoisotopic (exact) mass is 427 g/mol. The van der Waals surface area contributed by atoms with Gasteiger partial charge in [-0.3, -0.25) is 0 Å². The molecule has 3 aromatic rings. The molecule has 0 unspecified atom stereocenters. The van der Waals surface area contributed by atoms with Gasteiger partial charge in [0.15, 0.2) is 0 Å². The van der Waals surface area contributed by atoms with Crippen LogP contribution in [0.3, 0.4) is 0 Å². The maximum atomic E-state index is 5.91. The van der Waals surface area contributed by atoms with E-state index in [1.807, 2.05) is 67.6 Å². The highest BCUT2D eigenvalue weighted by Crippen LogP contribution is 2.34. The van der Waals surface area contributed by atoms with Gasteiger partial charge in [0.2, 0.25) is 0 Å². The smallest absolute Gasteiger partial charge is 0.131 e. The van der Waals surface area contributed by atoms with Crippen molar-refractivity contribution >= 4 is 5.69 Å². The Kier molecular flexibility index (Phi) is 7.18. The number of benzene rings is 3. The minimum absolute atomic E-state index is 0.174. The molecular formula is C28H31N2O2+. The van der Waals surface area contributed by atoms with Crippen molar-refractivity contribution in [1.29, 1.82) is 0 Å². The van der Waals surface area contributed by atoms with Crippen LogP contribution < -0.4 is 20.9 Å². The fourth-order valence-electron chi connectivity index (χ4n) is 3.44. The number of allylic oxidation sites excluding steroid dienone is 4. The van der Waals surface area contributed by atoms with Crippen LogP contribution in [0.1, 0.15) is 31.9 Å². The predicted octanol–water partition coefficient (Wildman–Crippen LogP) is 5.98. The molecule has 32 heavy (non-hydrogen) atoms. The fourth-order valence-corrected chi connectivity index (χ4v) is 3.44. The largest absolute Gasteiger partial charge is 0.462 e. The zero-order valence-electron chi connectivity index (χ0n) is 19.0. The molecule has 0 heterocycles. The van der Waals surface area contributed by atoms with Crippen LogP contribution in [0.5, 0.6) is 17.2 Å². The van der Waals surface area contributed by atoms with Crippen molar-refractivity contribution in [2.45, 2.75) is 26.2 Å². The van der Waals surface area contributed by atoms with Crippen LogP contribution in [0.4, 0.5) is 5.69 Å². The third kappa shape index (κ3) is 5.90. The Morgan fingerprint density at radius 3 is 2.06 bits per heavy atom. The number of hydrogen-bond acceptors (Lipinski definition) is 3. The van der Waals surface area contributed by atoms with Gasteiger partial charge >= 0.3 is 0 Å². The summed E-state index contributed by atoms with van der Waals surface area (Å²) in [6.07, 6.45) is 5.43. The van der Waals surface area contributed by atoms with Crippen LogP contribution in [0, 0.1) is 0 Å². The highest BCUT2D eigenvalue weighted by Gasteiger charge is 2.23. The summed E-state index contributed by atoms with van der Waals surface area (Å²) >= 11 is 0. The number of anilines is 1. The second-order valence-corrected chi connectivity index (χ2v) is 8.18. The molecule has 3 rings (SSSR count). The molecule has 0 aliphatic carbocycles. The Morgan fingerprint density at radius 2 is 1.50 bits per heavy atom. The lowest BCUT2D eigenvalue weighted by molar-refractivity contribution is -0.295. The number of quaternary nitrogens is 1. The summed E-state index contributed by atoms with van der Waals surface area (Å²) in [6, 6.07) is 23.8. The predicted molar refractivity (Wildman–Crippen MR) is 131 cm³/mol. The molecule has 5 N–H and O–H groups in total. The molecule has 0 aliphatic rings. The summed E-state index contributed by atoms with van der Waals surface area (Å²) in [7, 11) is 0. The van der Waals surface area contributed by atoms with Gasteiger partial charge in [0.1, 0.15) is 28.7 Å². The fraction of sp³-hybridized carbons (Fsp3) is 0.143. The highest BCUT2D eigenvalue weighted by molar-refractivity contribution is 5.46. The molecule has 0 atom stereocenters. The van der Waals surface area contributed by atoms with Crippen LogP contribution in [-0.2, 0) is 5.41 Å². The number of hydrogen-bond donors (Lipinski definition) is 2. The van der Waals surface area contributed by atoms with E-state index in [1.54, 1.807) is 6.08 Å². The first-order valence-electron chi connectivity index (χ1n) is 10.5. The van der Waals surface area contributed by atoms with Crippen molar-refractivity contribution in [2.24, 2.45) is 0 Å². The molecule has 4 nitrogen and oxygen atoms in total. The van der Waals surface area contributed by atoms with Gasteiger partial charge in [-0.15, -0.1) is 0 Å². The van der Waals surface area contributed by atoms with Crippen molar-refractivity contribution in [1.82, 2.24) is 0 Å². The van der Waals surface area contributed by atoms with Gasteiger partial charge < -0.3 is 20.9 Å². The molecule has 0 aromatic heterocycles. The van der Waals surface area contributed by atoms with E-state index < -0.39 is 0 Å². The van der Waals surface area contributed by atoms with Crippen LogP contribution in [0.15, 0.2) is 109 Å². The molecule has 0 radical (unpaired) electrons. The van der Waals surface area contributed by atoms with Crippen LogP contribution in [0.25, 0.3) is 0 Å². The van der Waals surface area contributed by atoms with Crippen molar-refractivity contribution in [3.63, 3.8) is 0 Å². The van der Waals surface area contributed by atoms with E-state index in [0.717, 1.165) is 28.7 Å². The lowest BCUT2D eigenvalue weighted by atomic mass is 9.78. The minimum Gasteiger partial charge on any atom is -0.462 e. The average Bonchev–Trinajstić information content (AvgIpc) is 2.74. The van der Waals surface area contributed by atoms with E-state index in [-0.39, 0.29) is 5.41 Å². The summed E-state index contributed by atoms with van der Waals surface area (Å²) in [5.41, 5.74) is 13.5. The van der Waals surface area contributed by atoms with Gasteiger partial charge in [0, 0.05) is 23.2 Å². The Bertz CT molecular complexity index is 1120. The van der Waals surface area contributed by atoms with Crippen molar-refractivity contribution in [2.75, 3.05) is 5.73 Å². The van der Waals surface area contributed by atoms with Crippen LogP contribution in [0.2, 0.25) is 0 Å². The molecule has 0 amide bonds. The Hall–Kier alpha value is -3.76. The van der Waals surface area contributed by atoms with E-state index in [0.29, 0.717) is 5.69 Å². The van der Waals surface area contributed by atoms with Gasteiger partial charge in [-0.2, -0.15) is 0 Å². The number of nitrogen functional groups attached to an aromatic ring is 1. The topological polar surface area (TPSA) is 72.1 Å². The van der Waals surface area contributed by atoms with E-state index in [4.69, 9.17) is 15.2 Å². The molecular weight excluding hydrogens is 396 g/mol. The van der Waals surface area contributed by atoms with Gasteiger partial charge in [-0.1, -0.05) is 56.8 Å². The highest BCUT2D eigenvalue weighted by atomic mass is 16.5. The molecule has 0 spiro atoms. The summed E-state index contributed by atoms with van der Waals surface area (Å²) in [5.74, 6) is 3.06.